The minimum atomic E-state index is 0.681. The molecule has 0 bridgehead atoms. The molecule has 0 aliphatic carbocycles. The Morgan fingerprint density at radius 3 is 2.48 bits per heavy atom. The van der Waals surface area contributed by atoms with Gasteiger partial charge >= 0.3 is 0 Å². The minimum Gasteiger partial charge on any atom is -0.494 e. The van der Waals surface area contributed by atoms with E-state index in [2.05, 4.69) is 42.3 Å². The third-order valence-corrected chi connectivity index (χ3v) is 4.95. The van der Waals surface area contributed by atoms with E-state index >= 15 is 0 Å². The summed E-state index contributed by atoms with van der Waals surface area (Å²) in [4.78, 5) is 17.9. The molecule has 3 aromatic heterocycles. The summed E-state index contributed by atoms with van der Waals surface area (Å²) in [6.45, 7) is 3.60. The van der Waals surface area contributed by atoms with Crippen molar-refractivity contribution in [3.63, 3.8) is 0 Å². The SMILES string of the molecule is COc1cnc(N2CCN(c3nccc4sccc34)CC2)nc1. The van der Waals surface area contributed by atoms with Crippen LogP contribution in [0, 0.1) is 0 Å². The molecule has 0 N–H and O–H groups in total. The third-order valence-electron chi connectivity index (χ3n) is 4.07. The Bertz CT molecular complexity index is 796. The summed E-state index contributed by atoms with van der Waals surface area (Å²) in [6.07, 6.45) is 5.32. The highest BCUT2D eigenvalue weighted by Crippen LogP contribution is 2.29. The molecule has 0 amide bonds. The van der Waals surface area contributed by atoms with Gasteiger partial charge < -0.3 is 14.5 Å². The van der Waals surface area contributed by atoms with Gasteiger partial charge in [0.2, 0.25) is 5.95 Å². The zero-order valence-corrected chi connectivity index (χ0v) is 13.7. The largest absolute Gasteiger partial charge is 0.494 e. The second-order valence-corrected chi connectivity index (χ2v) is 6.31. The summed E-state index contributed by atoms with van der Waals surface area (Å²) in [5.74, 6) is 2.52. The van der Waals surface area contributed by atoms with Gasteiger partial charge in [-0.1, -0.05) is 0 Å². The second kappa shape index (κ2) is 6.00. The van der Waals surface area contributed by atoms with Crippen LogP contribution >= 0.6 is 11.3 Å². The van der Waals surface area contributed by atoms with E-state index in [0.29, 0.717) is 5.75 Å². The fourth-order valence-corrected chi connectivity index (χ4v) is 3.60. The molecule has 0 atom stereocenters. The van der Waals surface area contributed by atoms with Gasteiger partial charge in [-0.15, -0.1) is 11.3 Å². The lowest BCUT2D eigenvalue weighted by molar-refractivity contribution is 0.410. The molecule has 23 heavy (non-hydrogen) atoms. The maximum Gasteiger partial charge on any atom is 0.225 e. The Morgan fingerprint density at radius 2 is 1.74 bits per heavy atom. The van der Waals surface area contributed by atoms with E-state index in [0.717, 1.165) is 37.9 Å². The summed E-state index contributed by atoms with van der Waals surface area (Å²) in [5, 5.41) is 3.36. The van der Waals surface area contributed by atoms with Crippen molar-refractivity contribution in [1.29, 1.82) is 0 Å². The van der Waals surface area contributed by atoms with Gasteiger partial charge in [-0.25, -0.2) is 15.0 Å². The van der Waals surface area contributed by atoms with Crippen molar-refractivity contribution in [1.82, 2.24) is 15.0 Å². The first-order valence-corrected chi connectivity index (χ1v) is 8.41. The molecular formula is C16H17N5OS. The number of rotatable bonds is 3. The fourth-order valence-electron chi connectivity index (χ4n) is 2.83. The number of fused-ring (bicyclic) bond motifs is 1. The Balaban J connectivity index is 1.49. The zero-order chi connectivity index (χ0) is 15.6. The van der Waals surface area contributed by atoms with Gasteiger partial charge in [0.1, 0.15) is 5.82 Å². The average molecular weight is 327 g/mol. The van der Waals surface area contributed by atoms with E-state index in [4.69, 9.17) is 4.74 Å². The van der Waals surface area contributed by atoms with Crippen molar-refractivity contribution in [2.24, 2.45) is 0 Å². The molecule has 3 aromatic rings. The summed E-state index contributed by atoms with van der Waals surface area (Å²) in [5.41, 5.74) is 0. The third kappa shape index (κ3) is 2.68. The number of thiophene rings is 1. The number of pyridine rings is 1. The molecule has 1 aliphatic heterocycles. The predicted octanol–water partition coefficient (Wildman–Crippen LogP) is 2.42. The number of anilines is 2. The van der Waals surface area contributed by atoms with Crippen LogP contribution in [0.2, 0.25) is 0 Å². The number of nitrogens with zero attached hydrogens (tertiary/aromatic N) is 5. The number of methoxy groups -OCH3 is 1. The Kier molecular flexibility index (Phi) is 3.70. The Hall–Kier alpha value is -2.41. The summed E-state index contributed by atoms with van der Waals surface area (Å²) < 4.78 is 6.39. The van der Waals surface area contributed by atoms with Gasteiger partial charge in [-0.2, -0.15) is 0 Å². The molecule has 1 aliphatic rings. The number of piperazine rings is 1. The normalized spacial score (nSPS) is 15.2. The predicted molar refractivity (Wildman–Crippen MR) is 92.6 cm³/mol. The van der Waals surface area contributed by atoms with Crippen LogP contribution in [0.3, 0.4) is 0 Å². The van der Waals surface area contributed by atoms with Crippen molar-refractivity contribution in [3.05, 3.63) is 36.1 Å². The molecule has 0 saturated carbocycles. The molecule has 4 rings (SSSR count). The molecule has 1 fully saturated rings. The topological polar surface area (TPSA) is 54.4 Å². The van der Waals surface area contributed by atoms with Crippen LogP contribution in [-0.4, -0.2) is 48.2 Å². The van der Waals surface area contributed by atoms with Crippen molar-refractivity contribution in [3.8, 4) is 5.75 Å². The molecule has 7 heteroatoms. The molecule has 0 spiro atoms. The van der Waals surface area contributed by atoms with E-state index in [-0.39, 0.29) is 0 Å². The monoisotopic (exact) mass is 327 g/mol. The number of ether oxygens (including phenoxy) is 1. The fraction of sp³-hybridized carbons (Fsp3) is 0.312. The molecule has 118 valence electrons. The van der Waals surface area contributed by atoms with Crippen molar-refractivity contribution >= 4 is 33.2 Å². The second-order valence-electron chi connectivity index (χ2n) is 5.36. The van der Waals surface area contributed by atoms with Gasteiger partial charge in [-0.05, 0) is 17.5 Å². The number of hydrogen-bond acceptors (Lipinski definition) is 7. The van der Waals surface area contributed by atoms with E-state index in [9.17, 15) is 0 Å². The molecule has 6 nitrogen and oxygen atoms in total. The van der Waals surface area contributed by atoms with Crippen LogP contribution in [0.5, 0.6) is 5.75 Å². The first-order chi connectivity index (χ1) is 11.3. The number of hydrogen-bond donors (Lipinski definition) is 0. The maximum absolute atomic E-state index is 5.11. The van der Waals surface area contributed by atoms with Gasteiger partial charge in [0.25, 0.3) is 0 Å². The van der Waals surface area contributed by atoms with Crippen LogP contribution in [0.4, 0.5) is 11.8 Å². The Labute approximate surface area is 138 Å². The highest BCUT2D eigenvalue weighted by molar-refractivity contribution is 7.17. The van der Waals surface area contributed by atoms with Crippen molar-refractivity contribution < 1.29 is 4.74 Å². The highest BCUT2D eigenvalue weighted by Gasteiger charge is 2.21. The smallest absolute Gasteiger partial charge is 0.225 e. The van der Waals surface area contributed by atoms with Crippen molar-refractivity contribution in [2.45, 2.75) is 0 Å². The average Bonchev–Trinajstić information content (AvgIpc) is 3.11. The molecule has 4 heterocycles. The van der Waals surface area contributed by atoms with Crippen LogP contribution in [-0.2, 0) is 0 Å². The lowest BCUT2D eigenvalue weighted by atomic mass is 10.2. The standard InChI is InChI=1S/C16H17N5OS/c1-22-12-10-18-16(19-11-12)21-7-5-20(6-8-21)15-13-3-9-23-14(13)2-4-17-15/h2-4,9-11H,5-8H2,1H3. The van der Waals surface area contributed by atoms with Crippen molar-refractivity contribution in [2.75, 3.05) is 43.1 Å². The zero-order valence-electron chi connectivity index (χ0n) is 12.8. The number of aromatic nitrogens is 3. The van der Waals surface area contributed by atoms with Gasteiger partial charge in [0.05, 0.1) is 19.5 Å². The molecular weight excluding hydrogens is 310 g/mol. The summed E-state index contributed by atoms with van der Waals surface area (Å²) in [7, 11) is 1.62. The molecule has 0 radical (unpaired) electrons. The highest BCUT2D eigenvalue weighted by atomic mass is 32.1. The maximum atomic E-state index is 5.11. The van der Waals surface area contributed by atoms with Gasteiger partial charge in [-0.3, -0.25) is 0 Å². The Morgan fingerprint density at radius 1 is 1.00 bits per heavy atom. The van der Waals surface area contributed by atoms with E-state index in [1.165, 1.54) is 10.1 Å². The van der Waals surface area contributed by atoms with Crippen LogP contribution in [0.15, 0.2) is 36.1 Å². The molecule has 0 aromatic carbocycles. The van der Waals surface area contributed by atoms with E-state index in [1.807, 2.05) is 6.20 Å². The molecule has 1 saturated heterocycles. The van der Waals surface area contributed by atoms with Crippen LogP contribution in [0.25, 0.3) is 10.1 Å². The van der Waals surface area contributed by atoms with E-state index < -0.39 is 0 Å². The first-order valence-electron chi connectivity index (χ1n) is 7.53. The van der Waals surface area contributed by atoms with E-state index in [1.54, 1.807) is 30.8 Å². The lowest BCUT2D eigenvalue weighted by Gasteiger charge is -2.35. The lowest BCUT2D eigenvalue weighted by Crippen LogP contribution is -2.47. The van der Waals surface area contributed by atoms with Crippen LogP contribution in [0.1, 0.15) is 0 Å². The summed E-state index contributed by atoms with van der Waals surface area (Å²) >= 11 is 1.76. The summed E-state index contributed by atoms with van der Waals surface area (Å²) in [6, 6.07) is 4.23. The van der Waals surface area contributed by atoms with Crippen LogP contribution < -0.4 is 14.5 Å². The quantitative estimate of drug-likeness (QED) is 0.736. The van der Waals surface area contributed by atoms with Gasteiger partial charge in [0.15, 0.2) is 5.75 Å². The minimum absolute atomic E-state index is 0.681. The molecule has 0 unspecified atom stereocenters. The van der Waals surface area contributed by atoms with Gasteiger partial charge in [0, 0.05) is 42.5 Å². The first kappa shape index (κ1) is 14.2.